The number of anilines is 1. The number of carboxylic acid groups (broad SMARTS) is 1. The first-order chi connectivity index (χ1) is 17.4. The first-order valence-electron chi connectivity index (χ1n) is 12.5. The summed E-state index contributed by atoms with van der Waals surface area (Å²) >= 11 is 6.15. The zero-order valence-electron chi connectivity index (χ0n) is 20.1. The van der Waals surface area contributed by atoms with Gasteiger partial charge in [-0.2, -0.15) is 4.39 Å². The van der Waals surface area contributed by atoms with Crippen molar-refractivity contribution in [2.45, 2.75) is 55.9 Å². The largest absolute Gasteiger partial charge is 0.493 e. The van der Waals surface area contributed by atoms with Gasteiger partial charge >= 0.3 is 5.97 Å². The monoisotopic (exact) mass is 508 g/mol. The van der Waals surface area contributed by atoms with Gasteiger partial charge in [0.05, 0.1) is 6.61 Å². The minimum atomic E-state index is -1.02. The number of fused-ring (bicyclic) bond motifs is 2. The van der Waals surface area contributed by atoms with Crippen molar-refractivity contribution in [1.29, 1.82) is 0 Å². The normalized spacial score (nSPS) is 24.9. The van der Waals surface area contributed by atoms with Gasteiger partial charge in [0.2, 0.25) is 5.95 Å². The predicted molar refractivity (Wildman–Crippen MR) is 138 cm³/mol. The molecule has 2 N–H and O–H groups in total. The SMILES string of the molecule is O=C(O)C1(Nc2cccc(Cl)c2)CCC2(CC1)c1ccccc1CC2CCCOc1ccnc(F)c1. The highest BCUT2D eigenvalue weighted by molar-refractivity contribution is 6.30. The molecule has 0 bridgehead atoms. The molecule has 2 aliphatic rings. The van der Waals surface area contributed by atoms with Gasteiger partial charge in [0, 0.05) is 23.0 Å². The van der Waals surface area contributed by atoms with Crippen molar-refractivity contribution < 1.29 is 19.0 Å². The number of nitrogens with one attached hydrogen (secondary N) is 1. The van der Waals surface area contributed by atoms with Crippen molar-refractivity contribution in [3.63, 3.8) is 0 Å². The minimum Gasteiger partial charge on any atom is -0.493 e. The Balaban J connectivity index is 1.31. The van der Waals surface area contributed by atoms with E-state index >= 15 is 0 Å². The third-order valence-corrected chi connectivity index (χ3v) is 8.31. The molecule has 0 aliphatic heterocycles. The van der Waals surface area contributed by atoms with Crippen molar-refractivity contribution in [2.24, 2.45) is 5.92 Å². The molecule has 1 saturated carbocycles. The number of aromatic nitrogens is 1. The molecule has 1 fully saturated rings. The molecule has 0 radical (unpaired) electrons. The highest BCUT2D eigenvalue weighted by atomic mass is 35.5. The molecule has 188 valence electrons. The lowest BCUT2D eigenvalue weighted by Gasteiger charge is -2.47. The Morgan fingerprint density at radius 1 is 1.11 bits per heavy atom. The molecule has 1 unspecified atom stereocenters. The number of rotatable bonds is 8. The Morgan fingerprint density at radius 3 is 2.67 bits per heavy atom. The number of benzene rings is 2. The van der Waals surface area contributed by atoms with Gasteiger partial charge in [-0.1, -0.05) is 41.9 Å². The van der Waals surface area contributed by atoms with Crippen LogP contribution in [0.4, 0.5) is 10.1 Å². The van der Waals surface area contributed by atoms with Crippen LogP contribution < -0.4 is 10.1 Å². The summed E-state index contributed by atoms with van der Waals surface area (Å²) < 4.78 is 19.1. The summed E-state index contributed by atoms with van der Waals surface area (Å²) in [5.41, 5.74) is 2.40. The number of carboxylic acids is 1. The van der Waals surface area contributed by atoms with Crippen LogP contribution in [0.25, 0.3) is 0 Å². The second-order valence-corrected chi connectivity index (χ2v) is 10.5. The lowest BCUT2D eigenvalue weighted by Crippen LogP contribution is -2.53. The van der Waals surface area contributed by atoms with Crippen LogP contribution in [0, 0.1) is 11.9 Å². The van der Waals surface area contributed by atoms with Crippen molar-refractivity contribution in [2.75, 3.05) is 11.9 Å². The van der Waals surface area contributed by atoms with Crippen LogP contribution in [0.15, 0.2) is 66.9 Å². The summed E-state index contributed by atoms with van der Waals surface area (Å²) in [6, 6.07) is 18.8. The van der Waals surface area contributed by atoms with Gasteiger partial charge in [0.25, 0.3) is 0 Å². The van der Waals surface area contributed by atoms with Crippen molar-refractivity contribution in [3.8, 4) is 5.75 Å². The van der Waals surface area contributed by atoms with E-state index < -0.39 is 17.5 Å². The third kappa shape index (κ3) is 4.79. The molecule has 1 heterocycles. The molecule has 1 aromatic heterocycles. The molecular weight excluding hydrogens is 479 g/mol. The number of halogens is 2. The van der Waals surface area contributed by atoms with E-state index in [0.29, 0.717) is 36.1 Å². The second-order valence-electron chi connectivity index (χ2n) is 10.0. The lowest BCUT2D eigenvalue weighted by atomic mass is 9.60. The summed E-state index contributed by atoms with van der Waals surface area (Å²) in [5, 5.41) is 14.2. The van der Waals surface area contributed by atoms with Crippen LogP contribution in [0.2, 0.25) is 5.02 Å². The van der Waals surface area contributed by atoms with Crippen LogP contribution in [0.3, 0.4) is 0 Å². The summed E-state index contributed by atoms with van der Waals surface area (Å²) in [6.07, 6.45) is 6.86. The van der Waals surface area contributed by atoms with Crippen LogP contribution in [0.5, 0.6) is 5.75 Å². The number of carbonyl (C=O) groups is 1. The smallest absolute Gasteiger partial charge is 0.329 e. The van der Waals surface area contributed by atoms with Gasteiger partial charge in [-0.15, -0.1) is 0 Å². The standard InChI is InChI=1S/C29H30ClFN2O3/c30-22-7-3-8-23(18-22)33-29(27(34)35)13-11-28(12-14-29)21(17-20-5-1-2-9-25(20)28)6-4-16-36-24-10-15-32-26(31)19-24/h1-3,5,7-10,15,18-19,21,33H,4,6,11-14,16-17H2,(H,34,35). The molecular formula is C29H30ClFN2O3. The molecule has 1 atom stereocenters. The molecule has 5 rings (SSSR count). The lowest BCUT2D eigenvalue weighted by molar-refractivity contribution is -0.144. The molecule has 0 saturated heterocycles. The second kappa shape index (κ2) is 10.1. The maximum Gasteiger partial charge on any atom is 0.329 e. The van der Waals surface area contributed by atoms with Crippen molar-refractivity contribution >= 4 is 23.3 Å². The zero-order chi connectivity index (χ0) is 25.2. The first-order valence-corrected chi connectivity index (χ1v) is 12.9. The Labute approximate surface area is 215 Å². The number of hydrogen-bond donors (Lipinski definition) is 2. The van der Waals surface area contributed by atoms with E-state index in [1.54, 1.807) is 18.2 Å². The van der Waals surface area contributed by atoms with Crippen LogP contribution >= 0.6 is 11.6 Å². The van der Waals surface area contributed by atoms with E-state index in [1.165, 1.54) is 23.4 Å². The molecule has 36 heavy (non-hydrogen) atoms. The summed E-state index contributed by atoms with van der Waals surface area (Å²) in [4.78, 5) is 16.1. The van der Waals surface area contributed by atoms with Gasteiger partial charge < -0.3 is 15.2 Å². The molecule has 1 spiro atoms. The first kappa shape index (κ1) is 24.6. The summed E-state index contributed by atoms with van der Waals surface area (Å²) in [7, 11) is 0. The molecule has 2 aromatic carbocycles. The number of hydrogen-bond acceptors (Lipinski definition) is 4. The maximum absolute atomic E-state index is 13.3. The summed E-state index contributed by atoms with van der Waals surface area (Å²) in [5.74, 6) is -0.472. The fourth-order valence-corrected chi connectivity index (χ4v) is 6.46. The number of nitrogens with zero attached hydrogens (tertiary/aromatic N) is 1. The van der Waals surface area contributed by atoms with Gasteiger partial charge in [0.15, 0.2) is 0 Å². The number of ether oxygens (including phenoxy) is 1. The van der Waals surface area contributed by atoms with Crippen LogP contribution in [-0.4, -0.2) is 28.2 Å². The van der Waals surface area contributed by atoms with E-state index in [4.69, 9.17) is 16.3 Å². The number of aliphatic carboxylic acids is 1. The Hall–Kier alpha value is -3.12. The fraction of sp³-hybridized carbons (Fsp3) is 0.379. The van der Waals surface area contributed by atoms with E-state index in [0.717, 1.165) is 37.8 Å². The van der Waals surface area contributed by atoms with E-state index in [1.807, 2.05) is 12.1 Å². The van der Waals surface area contributed by atoms with Gasteiger partial charge in [-0.3, -0.25) is 0 Å². The zero-order valence-corrected chi connectivity index (χ0v) is 20.8. The van der Waals surface area contributed by atoms with Gasteiger partial charge in [-0.05, 0) is 91.7 Å². The summed E-state index contributed by atoms with van der Waals surface area (Å²) in [6.45, 7) is 0.502. The average molecular weight is 509 g/mol. The van der Waals surface area contributed by atoms with E-state index in [9.17, 15) is 14.3 Å². The Bertz CT molecular complexity index is 1240. The highest BCUT2D eigenvalue weighted by Crippen LogP contribution is 2.55. The van der Waals surface area contributed by atoms with Crippen molar-refractivity contribution in [3.05, 3.63) is 89.0 Å². The Kier molecular flexibility index (Phi) is 6.89. The quantitative estimate of drug-likeness (QED) is 0.263. The maximum atomic E-state index is 13.3. The van der Waals surface area contributed by atoms with Gasteiger partial charge in [-0.25, -0.2) is 9.78 Å². The Morgan fingerprint density at radius 2 is 1.92 bits per heavy atom. The minimum absolute atomic E-state index is 0.0473. The van der Waals surface area contributed by atoms with Crippen molar-refractivity contribution in [1.82, 2.24) is 4.98 Å². The molecule has 2 aliphatic carbocycles. The molecule has 3 aromatic rings. The topological polar surface area (TPSA) is 71.5 Å². The van der Waals surface area contributed by atoms with Crippen LogP contribution in [-0.2, 0) is 16.6 Å². The fourth-order valence-electron chi connectivity index (χ4n) is 6.27. The average Bonchev–Trinajstić information content (AvgIpc) is 3.16. The van der Waals surface area contributed by atoms with Crippen LogP contribution in [0.1, 0.15) is 49.7 Å². The molecule has 7 heteroatoms. The highest BCUT2D eigenvalue weighted by Gasteiger charge is 2.53. The number of pyridine rings is 1. The van der Waals surface area contributed by atoms with Gasteiger partial charge in [0.1, 0.15) is 11.3 Å². The third-order valence-electron chi connectivity index (χ3n) is 8.08. The van der Waals surface area contributed by atoms with E-state index in [2.05, 4.69) is 34.6 Å². The predicted octanol–water partition coefficient (Wildman–Crippen LogP) is 6.65. The van der Waals surface area contributed by atoms with E-state index in [-0.39, 0.29) is 5.41 Å². The molecule has 5 nitrogen and oxygen atoms in total. The molecule has 0 amide bonds.